The number of rotatable bonds is 10. The van der Waals surface area contributed by atoms with Crippen molar-refractivity contribution in [3.05, 3.63) is 47.0 Å². The highest BCUT2D eigenvalue weighted by Crippen LogP contribution is 2.36. The number of carbonyl (C=O) groups excluding carboxylic acids is 1. The summed E-state index contributed by atoms with van der Waals surface area (Å²) >= 11 is 6.21. The molecule has 0 fully saturated rings. The monoisotopic (exact) mass is 440 g/mol. The summed E-state index contributed by atoms with van der Waals surface area (Å²) in [5, 5.41) is 2.93. The van der Waals surface area contributed by atoms with Crippen molar-refractivity contribution in [2.75, 3.05) is 25.6 Å². The van der Waals surface area contributed by atoms with E-state index in [0.717, 1.165) is 12.8 Å². The fraction of sp³-hybridized carbons (Fsp3) is 0.350. The quantitative estimate of drug-likeness (QED) is 0.543. The van der Waals surface area contributed by atoms with Gasteiger partial charge in [0.25, 0.3) is 5.91 Å². The number of sulfonamides is 1. The highest BCUT2D eigenvalue weighted by atomic mass is 35.5. The number of anilines is 1. The molecule has 0 aliphatic carbocycles. The van der Waals surface area contributed by atoms with Gasteiger partial charge >= 0.3 is 0 Å². The van der Waals surface area contributed by atoms with Gasteiger partial charge in [-0.3, -0.25) is 4.79 Å². The maximum atomic E-state index is 12.6. The third-order valence-electron chi connectivity index (χ3n) is 4.00. The molecular weight excluding hydrogens is 416 g/mol. The van der Waals surface area contributed by atoms with Gasteiger partial charge in [0.1, 0.15) is 0 Å². The van der Waals surface area contributed by atoms with E-state index in [1.807, 2.05) is 13.8 Å². The SMILES string of the molecule is CCCCNS(=O)(=O)c1cccc(NC(=O)c2cc(Cl)c(OCC)c(OC)c2)c1. The van der Waals surface area contributed by atoms with Gasteiger partial charge in [0.15, 0.2) is 11.5 Å². The fourth-order valence-corrected chi connectivity index (χ4v) is 3.93. The molecule has 0 unspecified atom stereocenters. The van der Waals surface area contributed by atoms with Gasteiger partial charge in [-0.2, -0.15) is 0 Å². The first-order valence-electron chi connectivity index (χ1n) is 9.23. The van der Waals surface area contributed by atoms with Gasteiger partial charge in [-0.15, -0.1) is 0 Å². The lowest BCUT2D eigenvalue weighted by atomic mass is 10.1. The van der Waals surface area contributed by atoms with Crippen molar-refractivity contribution < 1.29 is 22.7 Å². The minimum absolute atomic E-state index is 0.0775. The van der Waals surface area contributed by atoms with Crippen LogP contribution < -0.4 is 19.5 Å². The standard InChI is InChI=1S/C20H25ClN2O5S/c1-4-6-10-22-29(25,26)16-9-7-8-15(13-16)23-20(24)14-11-17(21)19(28-5-2)18(12-14)27-3/h7-9,11-13,22H,4-6,10H2,1-3H3,(H,23,24). The van der Waals surface area contributed by atoms with Crippen molar-refractivity contribution >= 4 is 33.2 Å². The molecule has 9 heteroatoms. The predicted octanol–water partition coefficient (Wildman–Crippen LogP) is 4.08. The second-order valence-electron chi connectivity index (χ2n) is 6.16. The molecule has 0 aromatic heterocycles. The molecular formula is C20H25ClN2O5S. The highest BCUT2D eigenvalue weighted by Gasteiger charge is 2.17. The van der Waals surface area contributed by atoms with Gasteiger partial charge in [-0.1, -0.05) is 31.0 Å². The van der Waals surface area contributed by atoms with Crippen LogP contribution in [0.25, 0.3) is 0 Å². The van der Waals surface area contributed by atoms with Gasteiger partial charge in [0.05, 0.1) is 23.6 Å². The Bertz CT molecular complexity index is 963. The number of hydrogen-bond donors (Lipinski definition) is 2. The largest absolute Gasteiger partial charge is 0.493 e. The number of carbonyl (C=O) groups is 1. The first-order chi connectivity index (χ1) is 13.8. The van der Waals surface area contributed by atoms with Gasteiger partial charge in [-0.05, 0) is 43.7 Å². The zero-order valence-electron chi connectivity index (χ0n) is 16.6. The molecule has 29 heavy (non-hydrogen) atoms. The van der Waals surface area contributed by atoms with Crippen LogP contribution >= 0.6 is 11.6 Å². The zero-order valence-corrected chi connectivity index (χ0v) is 18.2. The molecule has 0 heterocycles. The smallest absolute Gasteiger partial charge is 0.255 e. The summed E-state index contributed by atoms with van der Waals surface area (Å²) in [5.41, 5.74) is 0.599. The average Bonchev–Trinajstić information content (AvgIpc) is 2.69. The topological polar surface area (TPSA) is 93.7 Å². The van der Waals surface area contributed by atoms with Crippen LogP contribution in [0.5, 0.6) is 11.5 Å². The van der Waals surface area contributed by atoms with Gasteiger partial charge in [-0.25, -0.2) is 13.1 Å². The Morgan fingerprint density at radius 1 is 1.17 bits per heavy atom. The van der Waals surface area contributed by atoms with E-state index in [-0.39, 0.29) is 15.5 Å². The number of unbranched alkanes of at least 4 members (excludes halogenated alkanes) is 1. The van der Waals surface area contributed by atoms with E-state index < -0.39 is 15.9 Å². The average molecular weight is 441 g/mol. The zero-order chi connectivity index (χ0) is 21.4. The molecule has 1 amide bonds. The van der Waals surface area contributed by atoms with E-state index in [9.17, 15) is 13.2 Å². The molecule has 158 valence electrons. The van der Waals surface area contributed by atoms with E-state index in [4.69, 9.17) is 21.1 Å². The first-order valence-corrected chi connectivity index (χ1v) is 11.1. The number of halogens is 1. The number of benzene rings is 2. The number of nitrogens with one attached hydrogen (secondary N) is 2. The third kappa shape index (κ3) is 6.09. The van der Waals surface area contributed by atoms with Crippen LogP contribution in [0.4, 0.5) is 5.69 Å². The van der Waals surface area contributed by atoms with E-state index in [2.05, 4.69) is 10.0 Å². The van der Waals surface area contributed by atoms with Crippen LogP contribution in [-0.4, -0.2) is 34.6 Å². The summed E-state index contributed by atoms with van der Waals surface area (Å²) in [6.45, 7) is 4.55. The van der Waals surface area contributed by atoms with Crippen LogP contribution in [-0.2, 0) is 10.0 Å². The Balaban J connectivity index is 2.22. The predicted molar refractivity (Wildman–Crippen MR) is 114 cm³/mol. The summed E-state index contributed by atoms with van der Waals surface area (Å²) in [5.74, 6) is 0.238. The molecule has 2 N–H and O–H groups in total. The molecule has 0 saturated heterocycles. The van der Waals surface area contributed by atoms with Crippen molar-refractivity contribution in [3.8, 4) is 11.5 Å². The van der Waals surface area contributed by atoms with Crippen molar-refractivity contribution in [2.24, 2.45) is 0 Å². The Kier molecular flexibility index (Phi) is 8.31. The molecule has 0 bridgehead atoms. The number of ether oxygens (including phenoxy) is 2. The van der Waals surface area contributed by atoms with Crippen LogP contribution in [0.3, 0.4) is 0 Å². The van der Waals surface area contributed by atoms with E-state index in [1.165, 1.54) is 31.4 Å². The van der Waals surface area contributed by atoms with Crippen LogP contribution in [0, 0.1) is 0 Å². The normalized spacial score (nSPS) is 11.2. The number of hydrogen-bond acceptors (Lipinski definition) is 5. The first kappa shape index (κ1) is 23.0. The molecule has 0 atom stereocenters. The third-order valence-corrected chi connectivity index (χ3v) is 5.74. The number of methoxy groups -OCH3 is 1. The van der Waals surface area contributed by atoms with Crippen molar-refractivity contribution in [3.63, 3.8) is 0 Å². The van der Waals surface area contributed by atoms with Crippen LogP contribution in [0.2, 0.25) is 5.02 Å². The lowest BCUT2D eigenvalue weighted by Crippen LogP contribution is -2.24. The lowest BCUT2D eigenvalue weighted by Gasteiger charge is -2.13. The number of amides is 1. The summed E-state index contributed by atoms with van der Waals surface area (Å²) in [4.78, 5) is 12.7. The summed E-state index contributed by atoms with van der Waals surface area (Å²) < 4.78 is 38.0. The van der Waals surface area contributed by atoms with Crippen LogP contribution in [0.1, 0.15) is 37.0 Å². The Morgan fingerprint density at radius 3 is 2.59 bits per heavy atom. The minimum atomic E-state index is -3.64. The fourth-order valence-electron chi connectivity index (χ4n) is 2.55. The molecule has 0 aliphatic rings. The van der Waals surface area contributed by atoms with E-state index in [1.54, 1.807) is 12.1 Å². The molecule has 2 aromatic carbocycles. The summed E-state index contributed by atoms with van der Waals surface area (Å²) in [7, 11) is -2.19. The van der Waals surface area contributed by atoms with Gasteiger partial charge < -0.3 is 14.8 Å². The van der Waals surface area contributed by atoms with Crippen molar-refractivity contribution in [1.29, 1.82) is 0 Å². The maximum Gasteiger partial charge on any atom is 0.255 e. The second-order valence-corrected chi connectivity index (χ2v) is 8.33. The van der Waals surface area contributed by atoms with Crippen molar-refractivity contribution in [2.45, 2.75) is 31.6 Å². The minimum Gasteiger partial charge on any atom is -0.493 e. The summed E-state index contributed by atoms with van der Waals surface area (Å²) in [6.07, 6.45) is 1.63. The van der Waals surface area contributed by atoms with E-state index >= 15 is 0 Å². The molecule has 2 aromatic rings. The van der Waals surface area contributed by atoms with Gasteiger partial charge in [0, 0.05) is 17.8 Å². The summed E-state index contributed by atoms with van der Waals surface area (Å²) in [6, 6.07) is 9.03. The maximum absolute atomic E-state index is 12.6. The molecule has 7 nitrogen and oxygen atoms in total. The van der Waals surface area contributed by atoms with Crippen LogP contribution in [0.15, 0.2) is 41.3 Å². The second kappa shape index (κ2) is 10.5. The molecule has 2 rings (SSSR count). The Labute approximate surface area is 176 Å². The Morgan fingerprint density at radius 2 is 1.93 bits per heavy atom. The van der Waals surface area contributed by atoms with Crippen molar-refractivity contribution in [1.82, 2.24) is 4.72 Å². The van der Waals surface area contributed by atoms with Gasteiger partial charge in [0.2, 0.25) is 10.0 Å². The van der Waals surface area contributed by atoms with E-state index in [0.29, 0.717) is 30.3 Å². The molecule has 0 aliphatic heterocycles. The molecule has 0 spiro atoms. The highest BCUT2D eigenvalue weighted by molar-refractivity contribution is 7.89. The molecule has 0 radical (unpaired) electrons. The Hall–Kier alpha value is -2.29. The lowest BCUT2D eigenvalue weighted by molar-refractivity contribution is 0.102. The molecule has 0 saturated carbocycles.